The number of aliphatic hydroxyl groups is 1. The van der Waals surface area contributed by atoms with E-state index in [4.69, 9.17) is 4.74 Å². The fraction of sp³-hybridized carbons (Fsp3) is 0.316. The number of ether oxygens (including phenoxy) is 1. The van der Waals surface area contributed by atoms with E-state index in [9.17, 15) is 5.11 Å². The first kappa shape index (κ1) is 17.9. The maximum atomic E-state index is 9.49. The molecule has 3 rings (SSSR count). The van der Waals surface area contributed by atoms with Crippen LogP contribution in [0, 0.1) is 6.92 Å². The first-order valence-corrected chi connectivity index (χ1v) is 8.43. The maximum Gasteiger partial charge on any atom is 0.165 e. The molecule has 1 unspecified atom stereocenters. The third kappa shape index (κ3) is 3.39. The van der Waals surface area contributed by atoms with E-state index in [1.54, 1.807) is 13.3 Å². The van der Waals surface area contributed by atoms with Crippen LogP contribution >= 0.6 is 0 Å². The van der Waals surface area contributed by atoms with Crippen molar-refractivity contribution in [3.05, 3.63) is 42.4 Å². The van der Waals surface area contributed by atoms with Gasteiger partial charge in [0.15, 0.2) is 5.82 Å². The van der Waals surface area contributed by atoms with Gasteiger partial charge in [-0.3, -0.25) is 0 Å². The number of aryl methyl sites for hydroxylation is 1. The molecule has 2 N–H and O–H groups in total. The van der Waals surface area contributed by atoms with Crippen LogP contribution in [0.3, 0.4) is 0 Å². The number of rotatable bonds is 6. The fourth-order valence-corrected chi connectivity index (χ4v) is 2.82. The third-order valence-corrected chi connectivity index (χ3v) is 4.22. The van der Waals surface area contributed by atoms with E-state index in [-0.39, 0.29) is 12.6 Å². The van der Waals surface area contributed by atoms with Crippen LogP contribution in [0.2, 0.25) is 0 Å². The van der Waals surface area contributed by atoms with Crippen LogP contribution in [-0.4, -0.2) is 45.4 Å². The fourth-order valence-electron chi connectivity index (χ4n) is 2.82. The summed E-state index contributed by atoms with van der Waals surface area (Å²) < 4.78 is 7.46. The number of aromatic nitrogens is 4. The summed E-state index contributed by atoms with van der Waals surface area (Å²) >= 11 is 0. The van der Waals surface area contributed by atoms with Crippen molar-refractivity contribution in [3.8, 4) is 28.5 Å². The Bertz CT molecular complexity index is 907. The van der Waals surface area contributed by atoms with E-state index in [0.29, 0.717) is 11.6 Å². The smallest absolute Gasteiger partial charge is 0.165 e. The van der Waals surface area contributed by atoms with E-state index in [1.807, 2.05) is 55.9 Å². The average molecular weight is 353 g/mol. The normalized spacial score (nSPS) is 12.0. The summed E-state index contributed by atoms with van der Waals surface area (Å²) in [6.07, 6.45) is 3.59. The van der Waals surface area contributed by atoms with Gasteiger partial charge in [-0.1, -0.05) is 0 Å². The van der Waals surface area contributed by atoms with E-state index < -0.39 is 0 Å². The Morgan fingerprint density at radius 2 is 2.08 bits per heavy atom. The Kier molecular flexibility index (Phi) is 5.18. The summed E-state index contributed by atoms with van der Waals surface area (Å²) in [5.41, 5.74) is 2.56. The number of imidazole rings is 1. The van der Waals surface area contributed by atoms with Gasteiger partial charge in [0.1, 0.15) is 17.4 Å². The van der Waals surface area contributed by atoms with Crippen molar-refractivity contribution in [3.63, 3.8) is 0 Å². The lowest BCUT2D eigenvalue weighted by molar-refractivity contribution is 0.240. The van der Waals surface area contributed by atoms with Gasteiger partial charge >= 0.3 is 0 Å². The maximum absolute atomic E-state index is 9.49. The second-order valence-electron chi connectivity index (χ2n) is 6.07. The van der Waals surface area contributed by atoms with Gasteiger partial charge < -0.3 is 19.7 Å². The molecule has 3 aromatic rings. The van der Waals surface area contributed by atoms with Gasteiger partial charge in [0.25, 0.3) is 0 Å². The largest absolute Gasteiger partial charge is 0.496 e. The molecule has 0 saturated carbocycles. The number of benzene rings is 1. The summed E-state index contributed by atoms with van der Waals surface area (Å²) in [6.45, 7) is 3.91. The molecule has 2 heterocycles. The predicted octanol–water partition coefficient (Wildman–Crippen LogP) is 2.92. The minimum Gasteiger partial charge on any atom is -0.496 e. The van der Waals surface area contributed by atoms with Crippen LogP contribution in [-0.2, 0) is 0 Å². The molecule has 7 nitrogen and oxygen atoms in total. The van der Waals surface area contributed by atoms with Crippen molar-refractivity contribution in [1.29, 1.82) is 0 Å². The molecule has 0 radical (unpaired) electrons. The molecule has 26 heavy (non-hydrogen) atoms. The monoisotopic (exact) mass is 353 g/mol. The highest BCUT2D eigenvalue weighted by Crippen LogP contribution is 2.33. The van der Waals surface area contributed by atoms with Crippen molar-refractivity contribution in [2.45, 2.75) is 19.9 Å². The molecule has 0 aliphatic heterocycles. The summed E-state index contributed by atoms with van der Waals surface area (Å²) in [4.78, 5) is 13.6. The van der Waals surface area contributed by atoms with E-state index >= 15 is 0 Å². The molecule has 0 spiro atoms. The quantitative estimate of drug-likeness (QED) is 0.709. The molecule has 136 valence electrons. The zero-order valence-electron chi connectivity index (χ0n) is 15.4. The molecule has 0 amide bonds. The summed E-state index contributed by atoms with van der Waals surface area (Å²) in [7, 11) is 3.45. The highest BCUT2D eigenvalue weighted by Gasteiger charge is 2.16. The minimum atomic E-state index is -0.0656. The van der Waals surface area contributed by atoms with Gasteiger partial charge in [-0.15, -0.1) is 0 Å². The molecule has 0 saturated heterocycles. The number of hydrogen-bond acceptors (Lipinski definition) is 6. The first-order valence-electron chi connectivity index (χ1n) is 8.43. The third-order valence-electron chi connectivity index (χ3n) is 4.22. The zero-order valence-corrected chi connectivity index (χ0v) is 15.4. The molecule has 0 aliphatic carbocycles. The summed E-state index contributed by atoms with van der Waals surface area (Å²) in [6, 6.07) is 7.62. The van der Waals surface area contributed by atoms with Crippen LogP contribution in [0.15, 0.2) is 36.7 Å². The van der Waals surface area contributed by atoms with E-state index in [2.05, 4.69) is 20.3 Å². The van der Waals surface area contributed by atoms with Gasteiger partial charge in [0, 0.05) is 36.8 Å². The van der Waals surface area contributed by atoms with Gasteiger partial charge in [-0.05, 0) is 32.0 Å². The van der Waals surface area contributed by atoms with Crippen molar-refractivity contribution < 1.29 is 9.84 Å². The number of hydrogen-bond donors (Lipinski definition) is 2. The van der Waals surface area contributed by atoms with Crippen LogP contribution < -0.4 is 10.1 Å². The molecule has 0 fully saturated rings. The minimum absolute atomic E-state index is 0.0406. The van der Waals surface area contributed by atoms with Crippen LogP contribution in [0.25, 0.3) is 22.8 Å². The zero-order chi connectivity index (χ0) is 18.7. The van der Waals surface area contributed by atoms with Crippen LogP contribution in [0.1, 0.15) is 18.7 Å². The van der Waals surface area contributed by atoms with Crippen LogP contribution in [0.5, 0.6) is 5.75 Å². The average Bonchev–Trinajstić information content (AvgIpc) is 3.16. The highest BCUT2D eigenvalue weighted by atomic mass is 16.5. The van der Waals surface area contributed by atoms with Crippen molar-refractivity contribution >= 4 is 5.82 Å². The lowest BCUT2D eigenvalue weighted by atomic mass is 10.1. The second kappa shape index (κ2) is 7.53. The molecule has 0 aliphatic rings. The van der Waals surface area contributed by atoms with Gasteiger partial charge in [-0.2, -0.15) is 0 Å². The second-order valence-corrected chi connectivity index (χ2v) is 6.07. The summed E-state index contributed by atoms with van der Waals surface area (Å²) in [5, 5.41) is 12.5. The van der Waals surface area contributed by atoms with Crippen LogP contribution in [0.4, 0.5) is 5.82 Å². The first-order chi connectivity index (χ1) is 12.6. The van der Waals surface area contributed by atoms with Crippen molar-refractivity contribution in [1.82, 2.24) is 19.5 Å². The molecule has 7 heteroatoms. The lowest BCUT2D eigenvalue weighted by Gasteiger charge is -2.15. The number of aliphatic hydroxyl groups excluding tert-OH is 1. The molecular formula is C19H23N5O2. The highest BCUT2D eigenvalue weighted by molar-refractivity contribution is 5.73. The standard InChI is InChI=1S/C19H23N5O2/c1-12-9-17(20-3)23-18(22-12)15-10-14(5-6-16(15)26-4)19-21-7-8-24(19)13(2)11-25/h5-10,13,25H,11H2,1-4H3,(H,20,22,23). The molecule has 0 bridgehead atoms. The predicted molar refractivity (Wildman–Crippen MR) is 101 cm³/mol. The topological polar surface area (TPSA) is 85.1 Å². The van der Waals surface area contributed by atoms with Crippen molar-refractivity contribution in [2.75, 3.05) is 26.1 Å². The molecule has 1 atom stereocenters. The Morgan fingerprint density at radius 1 is 1.27 bits per heavy atom. The van der Waals surface area contributed by atoms with E-state index in [1.165, 1.54) is 0 Å². The van der Waals surface area contributed by atoms with Gasteiger partial charge in [0.2, 0.25) is 0 Å². The van der Waals surface area contributed by atoms with Gasteiger partial charge in [0.05, 0.1) is 25.3 Å². The number of anilines is 1. The Morgan fingerprint density at radius 3 is 2.77 bits per heavy atom. The van der Waals surface area contributed by atoms with Gasteiger partial charge in [-0.25, -0.2) is 15.0 Å². The lowest BCUT2D eigenvalue weighted by Crippen LogP contribution is -2.09. The van der Waals surface area contributed by atoms with E-state index in [0.717, 1.165) is 28.5 Å². The summed E-state index contributed by atoms with van der Waals surface area (Å²) in [5.74, 6) is 2.79. The molecular weight excluding hydrogens is 330 g/mol. The SMILES string of the molecule is CNc1cc(C)nc(-c2cc(-c3nccn3C(C)CO)ccc2OC)n1. The Labute approximate surface area is 152 Å². The number of methoxy groups -OCH3 is 1. The Hall–Kier alpha value is -2.93. The number of nitrogens with one attached hydrogen (secondary N) is 1. The number of nitrogens with zero attached hydrogens (tertiary/aromatic N) is 4. The Balaban J connectivity index is 2.14. The van der Waals surface area contributed by atoms with Crippen molar-refractivity contribution in [2.24, 2.45) is 0 Å². The molecule has 1 aromatic carbocycles. The molecule has 2 aromatic heterocycles.